The zero-order chi connectivity index (χ0) is 14.8. The van der Waals surface area contributed by atoms with Crippen molar-refractivity contribution < 1.29 is 4.79 Å². The highest BCUT2D eigenvalue weighted by molar-refractivity contribution is 6.30. The van der Waals surface area contributed by atoms with Crippen LogP contribution in [0.5, 0.6) is 0 Å². The first kappa shape index (κ1) is 14.2. The minimum Gasteiger partial charge on any atom is -0.322 e. The van der Waals surface area contributed by atoms with Crippen molar-refractivity contribution >= 4 is 34.9 Å². The van der Waals surface area contributed by atoms with E-state index in [1.165, 1.54) is 6.20 Å². The number of hydrogen-bond acceptors (Lipinski definition) is 3. The smallest absolute Gasteiger partial charge is 0.321 e. The van der Waals surface area contributed by atoms with Crippen molar-refractivity contribution in [3.8, 4) is 0 Å². The van der Waals surface area contributed by atoms with Gasteiger partial charge >= 0.3 is 6.03 Å². The molecule has 2 aromatic heterocycles. The molecule has 1 fully saturated rings. The van der Waals surface area contributed by atoms with Crippen LogP contribution in [0.2, 0.25) is 10.0 Å². The van der Waals surface area contributed by atoms with Crippen molar-refractivity contribution in [1.29, 1.82) is 0 Å². The highest BCUT2D eigenvalue weighted by Crippen LogP contribution is 2.23. The second-order valence-corrected chi connectivity index (χ2v) is 5.72. The normalized spacial score (nSPS) is 18.0. The van der Waals surface area contributed by atoms with Gasteiger partial charge in [0.25, 0.3) is 0 Å². The van der Waals surface area contributed by atoms with Crippen LogP contribution in [-0.2, 0) is 0 Å². The van der Waals surface area contributed by atoms with Crippen LogP contribution in [0.3, 0.4) is 0 Å². The molecule has 0 aromatic carbocycles. The van der Waals surface area contributed by atoms with Crippen LogP contribution in [0.25, 0.3) is 0 Å². The molecule has 3 rings (SSSR count). The molecule has 0 aliphatic carbocycles. The molecule has 1 aliphatic heterocycles. The molecule has 2 amide bonds. The molecule has 2 aromatic rings. The van der Waals surface area contributed by atoms with Crippen LogP contribution in [0.15, 0.2) is 30.9 Å². The maximum atomic E-state index is 12.2. The number of nitrogens with one attached hydrogen (secondary N) is 1. The van der Waals surface area contributed by atoms with Gasteiger partial charge in [0.15, 0.2) is 0 Å². The van der Waals surface area contributed by atoms with Gasteiger partial charge in [-0.3, -0.25) is 9.67 Å². The maximum absolute atomic E-state index is 12.2. The Bertz CT molecular complexity index is 660. The monoisotopic (exact) mass is 325 g/mol. The number of anilines is 1. The minimum absolute atomic E-state index is 0.153. The van der Waals surface area contributed by atoms with Gasteiger partial charge in [0.2, 0.25) is 0 Å². The average molecular weight is 326 g/mol. The fourth-order valence-corrected chi connectivity index (χ4v) is 2.66. The fourth-order valence-electron chi connectivity index (χ4n) is 2.34. The van der Waals surface area contributed by atoms with Crippen molar-refractivity contribution in [1.82, 2.24) is 19.7 Å². The predicted octanol–water partition coefficient (Wildman–Crippen LogP) is 3.06. The van der Waals surface area contributed by atoms with E-state index in [4.69, 9.17) is 23.2 Å². The Morgan fingerprint density at radius 1 is 1.29 bits per heavy atom. The molecule has 3 heterocycles. The Morgan fingerprint density at radius 3 is 2.86 bits per heavy atom. The van der Waals surface area contributed by atoms with Crippen LogP contribution >= 0.6 is 23.2 Å². The van der Waals surface area contributed by atoms with Gasteiger partial charge in [0, 0.05) is 25.5 Å². The Balaban J connectivity index is 1.62. The summed E-state index contributed by atoms with van der Waals surface area (Å²) >= 11 is 11.7. The van der Waals surface area contributed by atoms with E-state index in [2.05, 4.69) is 15.4 Å². The van der Waals surface area contributed by atoms with E-state index in [-0.39, 0.29) is 12.1 Å². The maximum Gasteiger partial charge on any atom is 0.321 e. The second-order valence-electron chi connectivity index (χ2n) is 4.85. The molecule has 0 radical (unpaired) electrons. The zero-order valence-electron chi connectivity index (χ0n) is 11.0. The first-order chi connectivity index (χ1) is 10.1. The lowest BCUT2D eigenvalue weighted by molar-refractivity contribution is 0.220. The third-order valence-electron chi connectivity index (χ3n) is 3.35. The molecule has 6 nitrogen and oxygen atoms in total. The number of hydrogen-bond donors (Lipinski definition) is 1. The van der Waals surface area contributed by atoms with Crippen LogP contribution in [0, 0.1) is 0 Å². The predicted molar refractivity (Wildman–Crippen MR) is 80.7 cm³/mol. The number of urea groups is 1. The van der Waals surface area contributed by atoms with Crippen molar-refractivity contribution in [2.75, 3.05) is 18.4 Å². The molecule has 8 heteroatoms. The molecule has 0 saturated carbocycles. The zero-order valence-corrected chi connectivity index (χ0v) is 12.6. The summed E-state index contributed by atoms with van der Waals surface area (Å²) in [6.45, 7) is 1.26. The lowest BCUT2D eigenvalue weighted by Crippen LogP contribution is -2.33. The Kier molecular flexibility index (Phi) is 3.98. The second kappa shape index (κ2) is 5.91. The Labute approximate surface area is 131 Å². The van der Waals surface area contributed by atoms with E-state index in [9.17, 15) is 4.79 Å². The first-order valence-electron chi connectivity index (χ1n) is 6.48. The van der Waals surface area contributed by atoms with E-state index in [0.29, 0.717) is 28.8 Å². The summed E-state index contributed by atoms with van der Waals surface area (Å²) < 4.78 is 1.80. The highest BCUT2D eigenvalue weighted by atomic mass is 35.5. The number of pyridine rings is 1. The third kappa shape index (κ3) is 3.28. The van der Waals surface area contributed by atoms with Gasteiger partial charge in [-0.15, -0.1) is 0 Å². The minimum atomic E-state index is -0.167. The number of amides is 2. The lowest BCUT2D eigenvalue weighted by Gasteiger charge is -2.17. The van der Waals surface area contributed by atoms with Crippen LogP contribution in [-0.4, -0.2) is 38.8 Å². The van der Waals surface area contributed by atoms with Crippen molar-refractivity contribution in [2.24, 2.45) is 0 Å². The lowest BCUT2D eigenvalue weighted by atomic mass is 10.3. The molecule has 110 valence electrons. The standard InChI is InChI=1S/C13H13Cl2N5O/c14-9-3-11(6-16-4-9)18-13(21)19-2-1-12(8-19)20-7-10(15)5-17-20/h3-7,12H,1-2,8H2,(H,18,21). The largest absolute Gasteiger partial charge is 0.322 e. The Morgan fingerprint density at radius 2 is 2.14 bits per heavy atom. The average Bonchev–Trinajstić information content (AvgIpc) is 3.07. The summed E-state index contributed by atoms with van der Waals surface area (Å²) in [4.78, 5) is 17.9. The number of rotatable bonds is 2. The fraction of sp³-hybridized carbons (Fsp3) is 0.308. The van der Waals surface area contributed by atoms with Crippen LogP contribution in [0.1, 0.15) is 12.5 Å². The highest BCUT2D eigenvalue weighted by Gasteiger charge is 2.28. The van der Waals surface area contributed by atoms with Crippen molar-refractivity contribution in [2.45, 2.75) is 12.5 Å². The molecular weight excluding hydrogens is 313 g/mol. The van der Waals surface area contributed by atoms with E-state index in [0.717, 1.165) is 6.42 Å². The molecule has 1 aliphatic rings. The van der Waals surface area contributed by atoms with Gasteiger partial charge in [-0.1, -0.05) is 23.2 Å². The van der Waals surface area contributed by atoms with E-state index in [1.54, 1.807) is 34.2 Å². The van der Waals surface area contributed by atoms with E-state index >= 15 is 0 Å². The summed E-state index contributed by atoms with van der Waals surface area (Å²) in [6, 6.07) is 1.65. The van der Waals surface area contributed by atoms with Crippen LogP contribution < -0.4 is 5.32 Å². The molecule has 21 heavy (non-hydrogen) atoms. The molecule has 1 atom stereocenters. The first-order valence-corrected chi connectivity index (χ1v) is 7.23. The van der Waals surface area contributed by atoms with Crippen molar-refractivity contribution in [3.05, 3.63) is 40.9 Å². The number of carbonyl (C=O) groups excluding carboxylic acids is 1. The summed E-state index contributed by atoms with van der Waals surface area (Å²) in [7, 11) is 0. The number of carbonyl (C=O) groups is 1. The van der Waals surface area contributed by atoms with Gasteiger partial charge in [-0.05, 0) is 12.5 Å². The van der Waals surface area contributed by atoms with E-state index < -0.39 is 0 Å². The summed E-state index contributed by atoms with van der Waals surface area (Å²) in [5.74, 6) is 0. The summed E-state index contributed by atoms with van der Waals surface area (Å²) in [5.41, 5.74) is 0.582. The van der Waals surface area contributed by atoms with Crippen molar-refractivity contribution in [3.63, 3.8) is 0 Å². The number of likely N-dealkylation sites (tertiary alicyclic amines) is 1. The van der Waals surface area contributed by atoms with Gasteiger partial charge < -0.3 is 10.2 Å². The molecule has 1 N–H and O–H groups in total. The van der Waals surface area contributed by atoms with Gasteiger partial charge in [-0.2, -0.15) is 5.10 Å². The number of halogens is 2. The molecule has 1 unspecified atom stereocenters. The molecule has 0 bridgehead atoms. The Hall–Kier alpha value is -1.79. The number of aromatic nitrogens is 3. The quantitative estimate of drug-likeness (QED) is 0.922. The SMILES string of the molecule is O=C(Nc1cncc(Cl)c1)N1CCC(n2cc(Cl)cn2)C1. The molecular formula is C13H13Cl2N5O. The van der Waals surface area contributed by atoms with E-state index in [1.807, 2.05) is 0 Å². The van der Waals surface area contributed by atoms with Gasteiger partial charge in [0.05, 0.1) is 34.2 Å². The topological polar surface area (TPSA) is 63.1 Å². The molecule has 1 saturated heterocycles. The summed E-state index contributed by atoms with van der Waals surface area (Å²) in [5, 5.41) is 8.06. The summed E-state index contributed by atoms with van der Waals surface area (Å²) in [6.07, 6.45) is 7.30. The molecule has 0 spiro atoms. The number of nitrogens with zero attached hydrogens (tertiary/aromatic N) is 4. The van der Waals surface area contributed by atoms with Gasteiger partial charge in [0.1, 0.15) is 0 Å². The van der Waals surface area contributed by atoms with Crippen LogP contribution in [0.4, 0.5) is 10.5 Å². The third-order valence-corrected chi connectivity index (χ3v) is 3.75. The van der Waals surface area contributed by atoms with Gasteiger partial charge in [-0.25, -0.2) is 4.79 Å².